The minimum Gasteiger partial charge on any atom is -0.465 e. The van der Waals surface area contributed by atoms with Crippen LogP contribution in [-0.2, 0) is 35.7 Å². The summed E-state index contributed by atoms with van der Waals surface area (Å²) >= 11 is 0. The van der Waals surface area contributed by atoms with Gasteiger partial charge in [-0.2, -0.15) is 0 Å². The average Bonchev–Trinajstić information content (AvgIpc) is 3.39. The van der Waals surface area contributed by atoms with Crippen LogP contribution in [0.4, 0.5) is 15.3 Å². The Balaban J connectivity index is 1.46. The van der Waals surface area contributed by atoms with E-state index >= 15 is 0 Å². The molecule has 156 valence electrons. The molecule has 1 aromatic carbocycles. The van der Waals surface area contributed by atoms with Gasteiger partial charge in [-0.15, -0.1) is 0 Å². The van der Waals surface area contributed by atoms with Crippen molar-refractivity contribution < 1.29 is 23.1 Å². The molecular formula is C20H25N3O5S. The van der Waals surface area contributed by atoms with Crippen molar-refractivity contribution in [2.24, 2.45) is 0 Å². The first-order valence-corrected chi connectivity index (χ1v) is 11.6. The van der Waals surface area contributed by atoms with Crippen LogP contribution in [0, 0.1) is 0 Å². The lowest BCUT2D eigenvalue weighted by atomic mass is 9.99. The lowest BCUT2D eigenvalue weighted by Crippen LogP contribution is -2.35. The summed E-state index contributed by atoms with van der Waals surface area (Å²) < 4.78 is 26.6. The van der Waals surface area contributed by atoms with Gasteiger partial charge in [-0.25, -0.2) is 22.7 Å². The molecule has 0 radical (unpaired) electrons. The summed E-state index contributed by atoms with van der Waals surface area (Å²) in [6.45, 7) is 0.378. The zero-order valence-corrected chi connectivity index (χ0v) is 16.9. The van der Waals surface area contributed by atoms with Gasteiger partial charge in [-0.05, 0) is 79.7 Å². The number of hydrogen-bond donors (Lipinski definition) is 3. The second kappa shape index (κ2) is 7.70. The fourth-order valence-corrected chi connectivity index (χ4v) is 5.46. The molecule has 9 heteroatoms. The number of aryl methyl sites for hydroxylation is 2. The number of sulfonamides is 1. The molecule has 0 bridgehead atoms. The summed E-state index contributed by atoms with van der Waals surface area (Å²) in [6, 6.07) is 0.960. The molecule has 4 rings (SSSR count). The summed E-state index contributed by atoms with van der Waals surface area (Å²) in [5.41, 5.74) is 5.52. The Morgan fingerprint density at radius 2 is 1.72 bits per heavy atom. The Bertz CT molecular complexity index is 954. The quantitative estimate of drug-likeness (QED) is 0.694. The number of amides is 3. The highest BCUT2D eigenvalue weighted by molar-refractivity contribution is 7.92. The summed E-state index contributed by atoms with van der Waals surface area (Å²) in [4.78, 5) is 24.8. The first-order chi connectivity index (χ1) is 13.8. The predicted octanol–water partition coefficient (Wildman–Crippen LogP) is 2.77. The molecule has 1 atom stereocenters. The van der Waals surface area contributed by atoms with E-state index in [2.05, 4.69) is 11.4 Å². The van der Waals surface area contributed by atoms with E-state index in [0.29, 0.717) is 19.4 Å². The number of anilines is 1. The van der Waals surface area contributed by atoms with Crippen molar-refractivity contribution in [1.82, 2.24) is 9.62 Å². The summed E-state index contributed by atoms with van der Waals surface area (Å²) in [7, 11) is -4.03. The monoisotopic (exact) mass is 419 g/mol. The Hall–Kier alpha value is -2.55. The van der Waals surface area contributed by atoms with Crippen LogP contribution in [0.3, 0.4) is 0 Å². The molecule has 0 aromatic heterocycles. The molecule has 1 aliphatic heterocycles. The number of urea groups is 1. The van der Waals surface area contributed by atoms with E-state index in [0.717, 1.165) is 60.7 Å². The van der Waals surface area contributed by atoms with Crippen molar-refractivity contribution >= 4 is 27.8 Å². The number of fused-ring (bicyclic) bond motifs is 2. The van der Waals surface area contributed by atoms with Crippen molar-refractivity contribution in [2.75, 3.05) is 11.9 Å². The number of carbonyl (C=O) groups excluding carboxylic acids is 1. The van der Waals surface area contributed by atoms with E-state index in [1.54, 1.807) is 0 Å². The van der Waals surface area contributed by atoms with E-state index in [4.69, 9.17) is 5.11 Å². The van der Waals surface area contributed by atoms with E-state index in [9.17, 15) is 18.0 Å². The Morgan fingerprint density at radius 1 is 1.07 bits per heavy atom. The molecular weight excluding hydrogens is 394 g/mol. The number of carboxylic acid groups (broad SMARTS) is 1. The highest BCUT2D eigenvalue weighted by Crippen LogP contribution is 2.38. The number of hydrogen-bond acceptors (Lipinski definition) is 4. The molecule has 0 saturated carbocycles. The largest absolute Gasteiger partial charge is 0.465 e. The topological polar surface area (TPSA) is 116 Å². The molecule has 8 nitrogen and oxygen atoms in total. The van der Waals surface area contributed by atoms with Crippen molar-refractivity contribution in [3.63, 3.8) is 0 Å². The third kappa shape index (κ3) is 4.10. The SMILES string of the molecule is O=C(Nc1c2c(cc3c1CCC3)CCC2)NS(=O)(=O)/C=C/[C@@H]1CCCN1C(=O)O. The average molecular weight is 420 g/mol. The fraction of sp³-hybridized carbons (Fsp3) is 0.500. The van der Waals surface area contributed by atoms with E-state index in [1.807, 2.05) is 4.72 Å². The molecule has 1 heterocycles. The van der Waals surface area contributed by atoms with Crippen LogP contribution in [0.5, 0.6) is 0 Å². The predicted molar refractivity (Wildman–Crippen MR) is 108 cm³/mol. The van der Waals surface area contributed by atoms with Gasteiger partial charge in [0.2, 0.25) is 0 Å². The first kappa shape index (κ1) is 19.8. The first-order valence-electron chi connectivity index (χ1n) is 10.0. The van der Waals surface area contributed by atoms with Gasteiger partial charge in [0, 0.05) is 17.6 Å². The van der Waals surface area contributed by atoms with Crippen molar-refractivity contribution in [3.05, 3.63) is 39.8 Å². The zero-order valence-electron chi connectivity index (χ0n) is 16.1. The molecule has 3 N–H and O–H groups in total. The Labute approximate surface area is 170 Å². The zero-order chi connectivity index (χ0) is 20.6. The van der Waals surface area contributed by atoms with Crippen LogP contribution in [0.2, 0.25) is 0 Å². The maximum absolute atomic E-state index is 12.5. The van der Waals surface area contributed by atoms with Gasteiger partial charge in [0.15, 0.2) is 0 Å². The number of likely N-dealkylation sites (tertiary alicyclic amines) is 1. The van der Waals surface area contributed by atoms with Gasteiger partial charge in [-0.3, -0.25) is 0 Å². The lowest BCUT2D eigenvalue weighted by Gasteiger charge is -2.18. The fourth-order valence-electron chi connectivity index (χ4n) is 4.69. The molecule has 3 aliphatic rings. The van der Waals surface area contributed by atoms with Crippen LogP contribution in [-0.4, -0.2) is 43.1 Å². The van der Waals surface area contributed by atoms with Crippen molar-refractivity contribution in [1.29, 1.82) is 0 Å². The standard InChI is InChI=1S/C20H25N3O5S/c24-19(22-29(27,28)11-9-15-6-3-10-23(15)20(25)26)21-18-16-7-1-4-13(16)12-14-5-2-8-17(14)18/h9,11-12,15H,1-8,10H2,(H,25,26)(H2,21,22,24)/b11-9+/t15-/m0/s1. The highest BCUT2D eigenvalue weighted by atomic mass is 32.2. The third-order valence-corrected chi connectivity index (χ3v) is 6.96. The highest BCUT2D eigenvalue weighted by Gasteiger charge is 2.28. The molecule has 1 saturated heterocycles. The minimum atomic E-state index is -4.03. The summed E-state index contributed by atoms with van der Waals surface area (Å²) in [6.07, 6.45) is 7.32. The molecule has 1 fully saturated rings. The molecule has 0 unspecified atom stereocenters. The number of carbonyl (C=O) groups is 2. The maximum atomic E-state index is 12.5. The van der Waals surface area contributed by atoms with Gasteiger partial charge >= 0.3 is 12.1 Å². The smallest absolute Gasteiger partial charge is 0.407 e. The normalized spacial score (nSPS) is 20.7. The van der Waals surface area contributed by atoms with Crippen molar-refractivity contribution in [3.8, 4) is 0 Å². The van der Waals surface area contributed by atoms with Crippen LogP contribution < -0.4 is 10.0 Å². The van der Waals surface area contributed by atoms with Crippen LogP contribution >= 0.6 is 0 Å². The molecule has 3 amide bonds. The van der Waals surface area contributed by atoms with Crippen LogP contribution in [0.1, 0.15) is 47.9 Å². The number of rotatable bonds is 4. The lowest BCUT2D eigenvalue weighted by molar-refractivity contribution is 0.147. The number of nitrogens with zero attached hydrogens (tertiary/aromatic N) is 1. The van der Waals surface area contributed by atoms with Gasteiger partial charge in [0.05, 0.1) is 6.04 Å². The van der Waals surface area contributed by atoms with Crippen LogP contribution in [0.15, 0.2) is 17.6 Å². The second-order valence-electron chi connectivity index (χ2n) is 7.85. The minimum absolute atomic E-state index is 0.378. The van der Waals surface area contributed by atoms with E-state index in [1.165, 1.54) is 22.1 Å². The molecule has 0 spiro atoms. The van der Waals surface area contributed by atoms with Gasteiger partial charge in [0.25, 0.3) is 10.0 Å². The van der Waals surface area contributed by atoms with E-state index in [-0.39, 0.29) is 0 Å². The number of nitrogens with one attached hydrogen (secondary N) is 2. The van der Waals surface area contributed by atoms with E-state index < -0.39 is 28.2 Å². The second-order valence-corrected chi connectivity index (χ2v) is 9.42. The maximum Gasteiger partial charge on any atom is 0.407 e. The third-order valence-electron chi connectivity index (χ3n) is 5.97. The van der Waals surface area contributed by atoms with Crippen molar-refractivity contribution in [2.45, 2.75) is 57.4 Å². The van der Waals surface area contributed by atoms with Crippen LogP contribution in [0.25, 0.3) is 0 Å². The van der Waals surface area contributed by atoms with Gasteiger partial charge in [0.1, 0.15) is 0 Å². The Kier molecular flexibility index (Phi) is 5.24. The molecule has 1 aromatic rings. The molecule has 2 aliphatic carbocycles. The number of benzene rings is 1. The Morgan fingerprint density at radius 3 is 2.34 bits per heavy atom. The van der Waals surface area contributed by atoms with Gasteiger partial charge < -0.3 is 15.3 Å². The van der Waals surface area contributed by atoms with Gasteiger partial charge in [-0.1, -0.05) is 6.07 Å². The molecule has 29 heavy (non-hydrogen) atoms. The summed E-state index contributed by atoms with van der Waals surface area (Å²) in [5, 5.41) is 12.8. The summed E-state index contributed by atoms with van der Waals surface area (Å²) in [5.74, 6) is 0.